The zero-order chi connectivity index (χ0) is 17.1. The minimum absolute atomic E-state index is 0.0270. The van der Waals surface area contributed by atoms with Crippen LogP contribution in [-0.4, -0.2) is 16.9 Å². The van der Waals surface area contributed by atoms with E-state index in [1.54, 1.807) is 25.1 Å². The molecule has 0 aliphatic heterocycles. The number of allylic oxidation sites excluding steroid dienone is 3. The summed E-state index contributed by atoms with van der Waals surface area (Å²) < 4.78 is 5.17. The van der Waals surface area contributed by atoms with Gasteiger partial charge < -0.3 is 9.84 Å². The molecule has 0 bridgehead atoms. The van der Waals surface area contributed by atoms with Crippen LogP contribution in [0, 0.1) is 0 Å². The van der Waals surface area contributed by atoms with Gasteiger partial charge in [0.15, 0.2) is 5.78 Å². The molecule has 4 nitrogen and oxygen atoms in total. The number of carbonyl (C=O) groups is 2. The molecule has 0 spiro atoms. The minimum Gasteiger partial charge on any atom is -0.507 e. The van der Waals surface area contributed by atoms with Crippen molar-refractivity contribution >= 4 is 11.8 Å². The van der Waals surface area contributed by atoms with Crippen molar-refractivity contribution in [3.05, 3.63) is 66.0 Å². The maximum Gasteiger partial charge on any atom is 0.347 e. The fourth-order valence-electron chi connectivity index (χ4n) is 1.53. The molecule has 1 rings (SSSR count). The molecule has 0 unspecified atom stereocenters. The number of Topliss-reactive ketones (excluding diaryl/α,β-unsaturated/α-hetero) is 1. The summed E-state index contributed by atoms with van der Waals surface area (Å²) in [6.07, 6.45) is 4.08. The Hall–Kier alpha value is -2.62. The maximum absolute atomic E-state index is 12.0. The Balaban J connectivity index is 0.00000211. The van der Waals surface area contributed by atoms with Crippen LogP contribution in [0.15, 0.2) is 60.4 Å². The van der Waals surface area contributed by atoms with Crippen molar-refractivity contribution in [3.8, 4) is 5.75 Å². The van der Waals surface area contributed by atoms with Crippen LogP contribution in [0.5, 0.6) is 5.75 Å². The Morgan fingerprint density at radius 1 is 1.23 bits per heavy atom. The van der Waals surface area contributed by atoms with Gasteiger partial charge in [0.1, 0.15) is 17.1 Å². The van der Waals surface area contributed by atoms with E-state index in [-0.39, 0.29) is 22.9 Å². The summed E-state index contributed by atoms with van der Waals surface area (Å²) in [7, 11) is 0. The summed E-state index contributed by atoms with van der Waals surface area (Å²) in [6.45, 7) is 10.4. The average Bonchev–Trinajstić information content (AvgIpc) is 2.54. The molecule has 1 aromatic rings. The van der Waals surface area contributed by atoms with Gasteiger partial charge in [-0.3, -0.25) is 4.79 Å². The Morgan fingerprint density at radius 3 is 2.32 bits per heavy atom. The Bertz CT molecular complexity index is 595. The third kappa shape index (κ3) is 5.40. The predicted molar refractivity (Wildman–Crippen MR) is 88.1 cm³/mol. The van der Waals surface area contributed by atoms with E-state index >= 15 is 0 Å². The van der Waals surface area contributed by atoms with Crippen molar-refractivity contribution < 1.29 is 19.4 Å². The van der Waals surface area contributed by atoms with Gasteiger partial charge in [0, 0.05) is 0 Å². The molecule has 1 N–H and O–H groups in total. The van der Waals surface area contributed by atoms with E-state index in [0.717, 1.165) is 0 Å². The van der Waals surface area contributed by atoms with Gasteiger partial charge in [-0.1, -0.05) is 38.6 Å². The highest BCUT2D eigenvalue weighted by atomic mass is 16.5. The molecule has 0 saturated heterocycles. The van der Waals surface area contributed by atoms with Gasteiger partial charge in [-0.25, -0.2) is 4.79 Å². The van der Waals surface area contributed by atoms with E-state index in [2.05, 4.69) is 6.58 Å². The third-order valence-corrected chi connectivity index (χ3v) is 2.52. The number of aliphatic hydroxyl groups excluding tert-OH is 1. The van der Waals surface area contributed by atoms with Crippen LogP contribution >= 0.6 is 0 Å². The molecule has 0 saturated carbocycles. The molecular weight excluding hydrogens is 280 g/mol. The number of hydrogen-bond acceptors (Lipinski definition) is 4. The Kier molecular flexibility index (Phi) is 8.95. The molecular formula is C18H22O4. The van der Waals surface area contributed by atoms with E-state index in [1.807, 2.05) is 13.8 Å². The lowest BCUT2D eigenvalue weighted by Crippen LogP contribution is -2.14. The third-order valence-electron chi connectivity index (χ3n) is 2.52. The molecule has 0 heterocycles. The zero-order valence-corrected chi connectivity index (χ0v) is 13.4. The van der Waals surface area contributed by atoms with Gasteiger partial charge >= 0.3 is 5.97 Å². The first-order valence-corrected chi connectivity index (χ1v) is 7.01. The van der Waals surface area contributed by atoms with Crippen molar-refractivity contribution in [1.29, 1.82) is 0 Å². The molecule has 0 fully saturated rings. The molecule has 4 heteroatoms. The summed E-state index contributed by atoms with van der Waals surface area (Å²) >= 11 is 0. The highest BCUT2D eigenvalue weighted by Gasteiger charge is 2.17. The van der Waals surface area contributed by atoms with Crippen molar-refractivity contribution in [2.45, 2.75) is 27.7 Å². The van der Waals surface area contributed by atoms with Crippen molar-refractivity contribution in [2.75, 3.05) is 0 Å². The molecule has 0 aliphatic rings. The van der Waals surface area contributed by atoms with Crippen LogP contribution in [0.25, 0.3) is 0 Å². The second kappa shape index (κ2) is 10.2. The fourth-order valence-corrected chi connectivity index (χ4v) is 1.53. The summed E-state index contributed by atoms with van der Waals surface area (Å²) in [4.78, 5) is 23.5. The highest BCUT2D eigenvalue weighted by molar-refractivity contribution is 5.99. The molecule has 0 radical (unpaired) electrons. The SMILES string of the molecule is C=C/C=C(C(=O)Oc1ccccc1C(C)=O)\C(O)=C/C.CC. The first-order valence-electron chi connectivity index (χ1n) is 7.01. The largest absolute Gasteiger partial charge is 0.507 e. The lowest BCUT2D eigenvalue weighted by Gasteiger charge is -2.09. The standard InChI is InChI=1S/C16H16O4.C2H6/c1-4-8-13(14(18)5-2)16(19)20-15-10-7-6-9-12(15)11(3)17;1-2/h4-10,18H,1H2,2-3H3;1-2H3/b13-8+,14-5+;. The molecule has 22 heavy (non-hydrogen) atoms. The fraction of sp³-hybridized carbons (Fsp3) is 0.222. The van der Waals surface area contributed by atoms with E-state index in [9.17, 15) is 14.7 Å². The first kappa shape index (κ1) is 19.4. The lowest BCUT2D eigenvalue weighted by molar-refractivity contribution is -0.130. The second-order valence-corrected chi connectivity index (χ2v) is 3.93. The number of carbonyl (C=O) groups excluding carboxylic acids is 2. The van der Waals surface area contributed by atoms with E-state index < -0.39 is 5.97 Å². The summed E-state index contributed by atoms with van der Waals surface area (Å²) in [6, 6.07) is 6.42. The van der Waals surface area contributed by atoms with Crippen LogP contribution in [-0.2, 0) is 4.79 Å². The number of esters is 1. The number of benzene rings is 1. The number of para-hydroxylation sites is 1. The van der Waals surface area contributed by atoms with Gasteiger partial charge in [-0.05, 0) is 38.1 Å². The topological polar surface area (TPSA) is 63.6 Å². The van der Waals surface area contributed by atoms with E-state index in [4.69, 9.17) is 4.74 Å². The summed E-state index contributed by atoms with van der Waals surface area (Å²) in [5, 5.41) is 9.65. The number of aliphatic hydroxyl groups is 1. The lowest BCUT2D eigenvalue weighted by atomic mass is 10.1. The normalized spacial score (nSPS) is 11.1. The quantitative estimate of drug-likeness (QED) is 0.219. The zero-order valence-electron chi connectivity index (χ0n) is 13.4. The average molecular weight is 302 g/mol. The summed E-state index contributed by atoms with van der Waals surface area (Å²) in [5.74, 6) is -1.02. The molecule has 0 amide bonds. The number of ether oxygens (including phenoxy) is 1. The number of rotatable bonds is 5. The summed E-state index contributed by atoms with van der Waals surface area (Å²) in [5.41, 5.74) is 0.277. The van der Waals surface area contributed by atoms with Crippen molar-refractivity contribution in [3.63, 3.8) is 0 Å². The van der Waals surface area contributed by atoms with Crippen LogP contribution in [0.4, 0.5) is 0 Å². The maximum atomic E-state index is 12.0. The molecule has 1 aromatic carbocycles. The highest BCUT2D eigenvalue weighted by Crippen LogP contribution is 2.20. The van der Waals surface area contributed by atoms with Gasteiger partial charge in [0.05, 0.1) is 5.56 Å². The molecule has 118 valence electrons. The molecule has 0 aromatic heterocycles. The first-order chi connectivity index (χ1) is 10.5. The van der Waals surface area contributed by atoms with Crippen molar-refractivity contribution in [1.82, 2.24) is 0 Å². The smallest absolute Gasteiger partial charge is 0.347 e. The number of ketones is 1. The van der Waals surface area contributed by atoms with E-state index in [1.165, 1.54) is 31.2 Å². The van der Waals surface area contributed by atoms with E-state index in [0.29, 0.717) is 5.56 Å². The van der Waals surface area contributed by atoms with Crippen LogP contribution in [0.1, 0.15) is 38.1 Å². The van der Waals surface area contributed by atoms with Crippen LogP contribution in [0.3, 0.4) is 0 Å². The second-order valence-electron chi connectivity index (χ2n) is 3.93. The molecule has 0 atom stereocenters. The molecule has 0 aliphatic carbocycles. The van der Waals surface area contributed by atoms with Gasteiger partial charge in [0.25, 0.3) is 0 Å². The monoisotopic (exact) mass is 302 g/mol. The Labute approximate surface area is 131 Å². The predicted octanol–water partition coefficient (Wildman–Crippen LogP) is 4.40. The van der Waals surface area contributed by atoms with Crippen molar-refractivity contribution in [2.24, 2.45) is 0 Å². The van der Waals surface area contributed by atoms with Gasteiger partial charge in [0.2, 0.25) is 0 Å². The van der Waals surface area contributed by atoms with Gasteiger partial charge in [-0.2, -0.15) is 0 Å². The number of hydrogen-bond donors (Lipinski definition) is 1. The van der Waals surface area contributed by atoms with Gasteiger partial charge in [-0.15, -0.1) is 0 Å². The Morgan fingerprint density at radius 2 is 1.82 bits per heavy atom. The van der Waals surface area contributed by atoms with Crippen LogP contribution < -0.4 is 4.74 Å². The van der Waals surface area contributed by atoms with Crippen LogP contribution in [0.2, 0.25) is 0 Å². The minimum atomic E-state index is -0.755.